The molecule has 0 radical (unpaired) electrons. The molecule has 0 unspecified atom stereocenters. The van der Waals surface area contributed by atoms with E-state index >= 15 is 0 Å². The fourth-order valence-electron chi connectivity index (χ4n) is 1.86. The zero-order valence-corrected chi connectivity index (χ0v) is 11.4. The van der Waals surface area contributed by atoms with Crippen molar-refractivity contribution in [3.8, 4) is 11.3 Å². The first-order chi connectivity index (χ1) is 10.7. The summed E-state index contributed by atoms with van der Waals surface area (Å²) in [5.41, 5.74) is 2.42. The zero-order chi connectivity index (χ0) is 17.4. The van der Waals surface area contributed by atoms with Crippen LogP contribution in [-0.2, 0) is 6.18 Å². The van der Waals surface area contributed by atoms with Gasteiger partial charge in [0.2, 0.25) is 0 Å². The third-order valence-electron chi connectivity index (χ3n) is 2.95. The Hall–Kier alpha value is -2.97. The first kappa shape index (κ1) is 16.4. The minimum Gasteiger partial charge on any atom is -0.476 e. The van der Waals surface area contributed by atoms with Gasteiger partial charge in [-0.25, -0.2) is 14.2 Å². The van der Waals surface area contributed by atoms with Gasteiger partial charge in [-0.2, -0.15) is 13.2 Å². The number of carboxylic acid groups (broad SMARTS) is 1. The van der Waals surface area contributed by atoms with Crippen molar-refractivity contribution < 1.29 is 27.5 Å². The minimum absolute atomic E-state index is 0.139. The monoisotopic (exact) mass is 327 g/mol. The van der Waals surface area contributed by atoms with Gasteiger partial charge >= 0.3 is 12.1 Å². The maximum Gasteiger partial charge on any atom is 0.433 e. The van der Waals surface area contributed by atoms with Crippen molar-refractivity contribution in [2.45, 2.75) is 6.18 Å². The van der Waals surface area contributed by atoms with Gasteiger partial charge in [0.25, 0.3) is 0 Å². The second kappa shape index (κ2) is 5.67. The lowest BCUT2D eigenvalue weighted by Crippen LogP contribution is -2.11. The van der Waals surface area contributed by atoms with Crippen LogP contribution in [-0.4, -0.2) is 21.0 Å². The Labute approximate surface area is 127 Å². The number of halogens is 4. The van der Waals surface area contributed by atoms with Crippen LogP contribution in [0.25, 0.3) is 17.3 Å². The molecule has 0 saturated heterocycles. The summed E-state index contributed by atoms with van der Waals surface area (Å²) in [5.74, 6) is -2.54. The number of nitrogens with zero attached hydrogens (tertiary/aromatic N) is 2. The highest BCUT2D eigenvalue weighted by Gasteiger charge is 2.32. The minimum atomic E-state index is -4.65. The van der Waals surface area contributed by atoms with Gasteiger partial charge in [0.1, 0.15) is 11.4 Å². The molecule has 0 aliphatic carbocycles. The molecule has 120 valence electrons. The van der Waals surface area contributed by atoms with E-state index in [4.69, 9.17) is 10.8 Å². The summed E-state index contributed by atoms with van der Waals surface area (Å²) in [6.45, 7) is 3.33. The summed E-state index contributed by atoms with van der Waals surface area (Å²) in [6, 6.07) is 1.56. The SMILES string of the molecule is C=Cc1c(C(=O)O)nc(-c2ccc(C(F)(F)F)nc2)c(F)c1N. The number of aromatic nitrogens is 2. The smallest absolute Gasteiger partial charge is 0.433 e. The molecule has 0 saturated carbocycles. The number of nitrogens with two attached hydrogens (primary N) is 1. The van der Waals surface area contributed by atoms with Gasteiger partial charge in [-0.3, -0.25) is 4.98 Å². The van der Waals surface area contributed by atoms with Crippen LogP contribution in [0.5, 0.6) is 0 Å². The van der Waals surface area contributed by atoms with Crippen LogP contribution in [0, 0.1) is 5.82 Å². The number of alkyl halides is 3. The molecule has 0 fully saturated rings. The van der Waals surface area contributed by atoms with E-state index in [1.807, 2.05) is 0 Å². The Kier molecular flexibility index (Phi) is 4.04. The van der Waals surface area contributed by atoms with Gasteiger partial charge in [0.15, 0.2) is 11.5 Å². The molecule has 23 heavy (non-hydrogen) atoms. The second-order valence-corrected chi connectivity index (χ2v) is 4.39. The van der Waals surface area contributed by atoms with E-state index in [9.17, 15) is 22.4 Å². The normalized spacial score (nSPS) is 11.3. The molecule has 0 atom stereocenters. The third kappa shape index (κ3) is 2.98. The van der Waals surface area contributed by atoms with Crippen LogP contribution in [0.3, 0.4) is 0 Å². The van der Waals surface area contributed by atoms with Crippen LogP contribution in [0.1, 0.15) is 21.7 Å². The number of rotatable bonds is 3. The van der Waals surface area contributed by atoms with Gasteiger partial charge < -0.3 is 10.8 Å². The van der Waals surface area contributed by atoms with E-state index in [0.29, 0.717) is 6.07 Å². The molecule has 9 heteroatoms. The molecule has 0 aliphatic heterocycles. The molecule has 2 rings (SSSR count). The lowest BCUT2D eigenvalue weighted by molar-refractivity contribution is -0.141. The maximum absolute atomic E-state index is 14.2. The highest BCUT2D eigenvalue weighted by Crippen LogP contribution is 2.32. The number of anilines is 1. The Bertz CT molecular complexity index is 786. The fourth-order valence-corrected chi connectivity index (χ4v) is 1.86. The first-order valence-corrected chi connectivity index (χ1v) is 6.05. The highest BCUT2D eigenvalue weighted by atomic mass is 19.4. The average molecular weight is 327 g/mol. The van der Waals surface area contributed by atoms with Crippen molar-refractivity contribution in [3.05, 3.63) is 47.7 Å². The van der Waals surface area contributed by atoms with E-state index in [1.54, 1.807) is 0 Å². The van der Waals surface area contributed by atoms with Gasteiger partial charge in [-0.1, -0.05) is 12.7 Å². The van der Waals surface area contributed by atoms with Crippen molar-refractivity contribution in [2.24, 2.45) is 0 Å². The standard InChI is InChI=1S/C14H9F4N3O2/c1-2-7-10(19)9(15)11(21-12(7)13(22)23)6-3-4-8(20-5-6)14(16,17)18/h2-5H,1H2,(H2,19,21)(H,22,23). The number of hydrogen-bond donors (Lipinski definition) is 2. The maximum atomic E-state index is 14.2. The van der Waals surface area contributed by atoms with Crippen LogP contribution in [0.2, 0.25) is 0 Å². The van der Waals surface area contributed by atoms with Gasteiger partial charge in [0.05, 0.1) is 5.69 Å². The summed E-state index contributed by atoms with van der Waals surface area (Å²) < 4.78 is 51.7. The van der Waals surface area contributed by atoms with E-state index in [2.05, 4.69) is 16.5 Å². The Morgan fingerprint density at radius 3 is 2.43 bits per heavy atom. The predicted octanol–water partition coefficient (Wildman–Crippen LogP) is 3.22. The van der Waals surface area contributed by atoms with Crippen LogP contribution >= 0.6 is 0 Å². The zero-order valence-electron chi connectivity index (χ0n) is 11.4. The molecule has 2 heterocycles. The molecular weight excluding hydrogens is 318 g/mol. The van der Waals surface area contributed by atoms with Crippen molar-refractivity contribution in [1.82, 2.24) is 9.97 Å². The Balaban J connectivity index is 2.64. The van der Waals surface area contributed by atoms with E-state index in [1.165, 1.54) is 0 Å². The predicted molar refractivity (Wildman–Crippen MR) is 73.9 cm³/mol. The molecule has 0 aliphatic rings. The summed E-state index contributed by atoms with van der Waals surface area (Å²) in [5, 5.41) is 9.08. The van der Waals surface area contributed by atoms with Crippen molar-refractivity contribution in [1.29, 1.82) is 0 Å². The fraction of sp³-hybridized carbons (Fsp3) is 0.0714. The van der Waals surface area contributed by atoms with Gasteiger partial charge in [-0.05, 0) is 12.1 Å². The number of carbonyl (C=O) groups is 1. The lowest BCUT2D eigenvalue weighted by atomic mass is 10.1. The molecule has 0 amide bonds. The Morgan fingerprint density at radius 2 is 2.00 bits per heavy atom. The lowest BCUT2D eigenvalue weighted by Gasteiger charge is -2.11. The molecule has 0 aromatic carbocycles. The summed E-state index contributed by atoms with van der Waals surface area (Å²) in [7, 11) is 0. The molecular formula is C14H9F4N3O2. The van der Waals surface area contributed by atoms with E-state index in [0.717, 1.165) is 18.3 Å². The van der Waals surface area contributed by atoms with Crippen LogP contribution in [0.15, 0.2) is 24.9 Å². The van der Waals surface area contributed by atoms with Crippen LogP contribution in [0.4, 0.5) is 23.2 Å². The second-order valence-electron chi connectivity index (χ2n) is 4.39. The summed E-state index contributed by atoms with van der Waals surface area (Å²) in [6.07, 6.45) is -2.88. The van der Waals surface area contributed by atoms with Gasteiger partial charge in [0, 0.05) is 17.3 Å². The quantitative estimate of drug-likeness (QED) is 0.845. The van der Waals surface area contributed by atoms with Crippen molar-refractivity contribution >= 4 is 17.7 Å². The number of nitrogen functional groups attached to an aromatic ring is 1. The molecule has 0 bridgehead atoms. The highest BCUT2D eigenvalue weighted by molar-refractivity contribution is 5.93. The summed E-state index contributed by atoms with van der Waals surface area (Å²) in [4.78, 5) is 18.0. The molecule has 5 nitrogen and oxygen atoms in total. The van der Waals surface area contributed by atoms with Crippen molar-refractivity contribution in [2.75, 3.05) is 5.73 Å². The summed E-state index contributed by atoms with van der Waals surface area (Å²) >= 11 is 0. The largest absolute Gasteiger partial charge is 0.476 e. The average Bonchev–Trinajstić information content (AvgIpc) is 2.48. The molecule has 2 aromatic heterocycles. The number of aromatic carboxylic acids is 1. The van der Waals surface area contributed by atoms with E-state index in [-0.39, 0.29) is 11.1 Å². The van der Waals surface area contributed by atoms with Gasteiger partial charge in [-0.15, -0.1) is 0 Å². The van der Waals surface area contributed by atoms with Crippen molar-refractivity contribution in [3.63, 3.8) is 0 Å². The number of pyridine rings is 2. The molecule has 2 aromatic rings. The van der Waals surface area contributed by atoms with E-state index < -0.39 is 40.7 Å². The number of carboxylic acids is 1. The number of hydrogen-bond acceptors (Lipinski definition) is 4. The van der Waals surface area contributed by atoms with Crippen LogP contribution < -0.4 is 5.73 Å². The Morgan fingerprint density at radius 1 is 1.35 bits per heavy atom. The third-order valence-corrected chi connectivity index (χ3v) is 2.95. The topological polar surface area (TPSA) is 89.1 Å². The molecule has 0 spiro atoms. The first-order valence-electron chi connectivity index (χ1n) is 6.05. The molecule has 3 N–H and O–H groups in total.